The fourth-order valence-electron chi connectivity index (χ4n) is 2.91. The summed E-state index contributed by atoms with van der Waals surface area (Å²) in [7, 11) is 0. The van der Waals surface area contributed by atoms with Crippen LogP contribution in [0.5, 0.6) is 0 Å². The van der Waals surface area contributed by atoms with Gasteiger partial charge in [0.1, 0.15) is 12.6 Å². The molecule has 9 heteroatoms. The third kappa shape index (κ3) is 4.44. The predicted octanol–water partition coefficient (Wildman–Crippen LogP) is 2.91. The van der Waals surface area contributed by atoms with E-state index < -0.39 is 36.7 Å². The Kier molecular flexibility index (Phi) is 6.86. The molecule has 1 aliphatic rings. The molecule has 0 aromatic rings. The summed E-state index contributed by atoms with van der Waals surface area (Å²) in [6.45, 7) is 6.08. The Morgan fingerprint density at radius 1 is 1.08 bits per heavy atom. The van der Waals surface area contributed by atoms with Gasteiger partial charge in [0.2, 0.25) is 0 Å². The number of quaternary nitrogens is 1. The average molecular weight is 376 g/mol. The van der Waals surface area contributed by atoms with Gasteiger partial charge >= 0.3 is 18.0 Å². The zero-order valence-corrected chi connectivity index (χ0v) is 13.4. The van der Waals surface area contributed by atoms with Crippen LogP contribution in [0.2, 0.25) is 0 Å². The molecule has 0 aromatic heterocycles. The highest BCUT2D eigenvalue weighted by Gasteiger charge is 2.75. The second-order valence-corrected chi connectivity index (χ2v) is 6.01. The number of hydrogen-bond donors (Lipinski definition) is 2. The van der Waals surface area contributed by atoms with Crippen molar-refractivity contribution < 1.29 is 40.7 Å². The summed E-state index contributed by atoms with van der Waals surface area (Å²) >= 11 is 0. The Labute approximate surface area is 141 Å². The van der Waals surface area contributed by atoms with Crippen LogP contribution in [0.15, 0.2) is 37.5 Å². The molecule has 144 valence electrons. The number of nitrogens with one attached hydrogen (secondary N) is 1. The SMILES string of the molecule is C=CC[C@H]1CC=C[C@@H](CC=C)[NH+]1C[C@H](O)C(F)(F)C(F)(F)C(F)(F)F. The highest BCUT2D eigenvalue weighted by Crippen LogP contribution is 2.47. The van der Waals surface area contributed by atoms with Gasteiger partial charge in [-0.1, -0.05) is 18.2 Å². The van der Waals surface area contributed by atoms with Gasteiger partial charge < -0.3 is 10.0 Å². The Morgan fingerprint density at radius 3 is 2.12 bits per heavy atom. The minimum atomic E-state index is -6.46. The van der Waals surface area contributed by atoms with Crippen molar-refractivity contribution in [3.8, 4) is 0 Å². The standard InChI is InChI=1S/C16H20F7NO/c1-3-6-11-8-5-9-12(7-4-2)24(11)10-13(25)14(17,18)15(19,20)16(21,22)23/h3-5,8,11-13,25H,1-2,6-7,9-10H2/p+1/t11-,12+,13+/m1/s1. The summed E-state index contributed by atoms with van der Waals surface area (Å²) in [6.07, 6.45) is -2.16. The fourth-order valence-corrected chi connectivity index (χ4v) is 2.91. The molecule has 4 atom stereocenters. The van der Waals surface area contributed by atoms with Crippen molar-refractivity contribution in [3.63, 3.8) is 0 Å². The second kappa shape index (κ2) is 7.90. The Bertz CT molecular complexity index is 501. The zero-order chi connectivity index (χ0) is 19.5. The number of aliphatic hydroxyl groups excluding tert-OH is 1. The van der Waals surface area contributed by atoms with E-state index >= 15 is 0 Å². The Hall–Kier alpha value is -1.35. The van der Waals surface area contributed by atoms with Crippen LogP contribution < -0.4 is 4.90 Å². The summed E-state index contributed by atoms with van der Waals surface area (Å²) < 4.78 is 90.4. The normalized spacial score (nSPS) is 26.3. The van der Waals surface area contributed by atoms with E-state index in [4.69, 9.17) is 0 Å². The fraction of sp³-hybridized carbons (Fsp3) is 0.625. The van der Waals surface area contributed by atoms with Gasteiger partial charge in [0.05, 0.1) is 6.04 Å². The van der Waals surface area contributed by atoms with E-state index in [1.807, 2.05) is 0 Å². The van der Waals surface area contributed by atoms with E-state index in [-0.39, 0.29) is 6.04 Å². The molecule has 1 aliphatic heterocycles. The molecule has 0 bridgehead atoms. The highest BCUT2D eigenvalue weighted by molar-refractivity contribution is 5.00. The number of aliphatic hydroxyl groups is 1. The molecule has 0 radical (unpaired) electrons. The van der Waals surface area contributed by atoms with Crippen LogP contribution in [-0.2, 0) is 0 Å². The van der Waals surface area contributed by atoms with Crippen LogP contribution in [-0.4, -0.2) is 47.9 Å². The molecule has 0 saturated heterocycles. The summed E-state index contributed by atoms with van der Waals surface area (Å²) in [5.74, 6) is -12.0. The van der Waals surface area contributed by atoms with Gasteiger partial charge in [0.25, 0.3) is 0 Å². The Balaban J connectivity index is 3.07. The first kappa shape index (κ1) is 21.7. The van der Waals surface area contributed by atoms with Crippen LogP contribution >= 0.6 is 0 Å². The van der Waals surface area contributed by atoms with Crippen LogP contribution in [0.3, 0.4) is 0 Å². The van der Waals surface area contributed by atoms with Gasteiger partial charge in [0.15, 0.2) is 6.10 Å². The molecule has 1 rings (SSSR count). The van der Waals surface area contributed by atoms with Gasteiger partial charge in [-0.05, 0) is 6.08 Å². The summed E-state index contributed by atoms with van der Waals surface area (Å²) in [5.41, 5.74) is 0. The summed E-state index contributed by atoms with van der Waals surface area (Å²) in [6, 6.07) is -0.821. The van der Waals surface area contributed by atoms with Gasteiger partial charge in [-0.3, -0.25) is 0 Å². The maximum Gasteiger partial charge on any atom is 0.459 e. The zero-order valence-electron chi connectivity index (χ0n) is 13.4. The van der Waals surface area contributed by atoms with Crippen molar-refractivity contribution in [3.05, 3.63) is 37.5 Å². The molecule has 0 spiro atoms. The van der Waals surface area contributed by atoms with Crippen LogP contribution in [0.4, 0.5) is 30.7 Å². The van der Waals surface area contributed by atoms with Gasteiger partial charge in [-0.25, -0.2) is 0 Å². The molecular weight excluding hydrogens is 355 g/mol. The van der Waals surface area contributed by atoms with Crippen molar-refractivity contribution in [1.82, 2.24) is 0 Å². The minimum Gasteiger partial charge on any atom is -0.381 e. The molecular formula is C16H21F7NO+. The molecule has 1 unspecified atom stereocenters. The van der Waals surface area contributed by atoms with E-state index in [0.29, 0.717) is 24.2 Å². The van der Waals surface area contributed by atoms with Crippen molar-refractivity contribution in [1.29, 1.82) is 0 Å². The lowest BCUT2D eigenvalue weighted by Gasteiger charge is -2.39. The van der Waals surface area contributed by atoms with Gasteiger partial charge in [0, 0.05) is 19.3 Å². The molecule has 2 N–H and O–H groups in total. The highest BCUT2D eigenvalue weighted by atomic mass is 19.4. The lowest BCUT2D eigenvalue weighted by Crippen LogP contribution is -3.20. The molecule has 0 amide bonds. The first-order chi connectivity index (χ1) is 11.4. The maximum atomic E-state index is 13.7. The number of rotatable bonds is 8. The van der Waals surface area contributed by atoms with Gasteiger partial charge in [-0.2, -0.15) is 30.7 Å². The van der Waals surface area contributed by atoms with Crippen LogP contribution in [0, 0.1) is 0 Å². The maximum absolute atomic E-state index is 13.7. The topological polar surface area (TPSA) is 24.7 Å². The quantitative estimate of drug-likeness (QED) is 0.494. The summed E-state index contributed by atoms with van der Waals surface area (Å²) in [5, 5.41) is 9.57. The van der Waals surface area contributed by atoms with Crippen LogP contribution in [0.25, 0.3) is 0 Å². The average Bonchev–Trinajstić information content (AvgIpc) is 2.49. The minimum absolute atomic E-state index is 0.299. The Morgan fingerprint density at radius 2 is 1.64 bits per heavy atom. The molecule has 2 nitrogen and oxygen atoms in total. The predicted molar refractivity (Wildman–Crippen MR) is 78.7 cm³/mol. The molecule has 1 heterocycles. The van der Waals surface area contributed by atoms with E-state index in [2.05, 4.69) is 13.2 Å². The third-order valence-corrected chi connectivity index (χ3v) is 4.28. The smallest absolute Gasteiger partial charge is 0.381 e. The molecule has 0 aliphatic carbocycles. The largest absolute Gasteiger partial charge is 0.459 e. The van der Waals surface area contributed by atoms with E-state index in [1.54, 1.807) is 12.2 Å². The molecule has 25 heavy (non-hydrogen) atoms. The van der Waals surface area contributed by atoms with Crippen molar-refractivity contribution in [2.24, 2.45) is 0 Å². The molecule has 0 fully saturated rings. The van der Waals surface area contributed by atoms with Crippen LogP contribution in [0.1, 0.15) is 19.3 Å². The van der Waals surface area contributed by atoms with E-state index in [9.17, 15) is 35.8 Å². The monoisotopic (exact) mass is 376 g/mol. The number of hydrogen-bond acceptors (Lipinski definition) is 1. The molecule has 0 aromatic carbocycles. The van der Waals surface area contributed by atoms with Crippen molar-refractivity contribution >= 4 is 0 Å². The first-order valence-corrected chi connectivity index (χ1v) is 7.64. The van der Waals surface area contributed by atoms with Crippen molar-refractivity contribution in [2.45, 2.75) is 55.5 Å². The number of alkyl halides is 7. The third-order valence-electron chi connectivity index (χ3n) is 4.28. The summed E-state index contributed by atoms with van der Waals surface area (Å²) in [4.78, 5) is 0.299. The lowest BCUT2D eigenvalue weighted by molar-refractivity contribution is -0.948. The first-order valence-electron chi connectivity index (χ1n) is 7.64. The van der Waals surface area contributed by atoms with E-state index in [1.165, 1.54) is 12.2 Å². The van der Waals surface area contributed by atoms with Crippen molar-refractivity contribution in [2.75, 3.05) is 6.54 Å². The van der Waals surface area contributed by atoms with E-state index in [0.717, 1.165) is 0 Å². The number of halogens is 7. The lowest BCUT2D eigenvalue weighted by atomic mass is 9.95. The molecule has 0 saturated carbocycles. The van der Waals surface area contributed by atoms with Gasteiger partial charge in [-0.15, -0.1) is 13.2 Å². The second-order valence-electron chi connectivity index (χ2n) is 6.01.